The van der Waals surface area contributed by atoms with Crippen molar-refractivity contribution in [2.75, 3.05) is 33.9 Å². The minimum Gasteiger partial charge on any atom is -0.495 e. The van der Waals surface area contributed by atoms with Gasteiger partial charge in [-0.1, -0.05) is 24.6 Å². The van der Waals surface area contributed by atoms with Gasteiger partial charge in [-0.3, -0.25) is 19.7 Å². The second kappa shape index (κ2) is 9.57. The number of piperidine rings is 1. The minimum atomic E-state index is -0.962. The zero-order valence-electron chi connectivity index (χ0n) is 18.6. The van der Waals surface area contributed by atoms with Gasteiger partial charge in [-0.15, -0.1) is 0 Å². The van der Waals surface area contributed by atoms with Gasteiger partial charge in [0.25, 0.3) is 0 Å². The number of halogens is 1. The number of hydrogen-bond donors (Lipinski definition) is 1. The molecule has 1 N–H and O–H groups in total. The highest BCUT2D eigenvalue weighted by molar-refractivity contribution is 6.32. The molecule has 2 heterocycles. The van der Waals surface area contributed by atoms with Crippen molar-refractivity contribution in [3.8, 4) is 5.75 Å². The van der Waals surface area contributed by atoms with Gasteiger partial charge >= 0.3 is 0 Å². The Labute approximate surface area is 188 Å². The smallest absolute Gasteiger partial charge is 0.235 e. The molecule has 1 aromatic carbocycles. The van der Waals surface area contributed by atoms with Crippen molar-refractivity contribution in [3.63, 3.8) is 0 Å². The zero-order chi connectivity index (χ0) is 22.8. The first-order chi connectivity index (χ1) is 14.7. The van der Waals surface area contributed by atoms with Crippen LogP contribution in [0.25, 0.3) is 0 Å². The molecule has 2 aliphatic rings. The van der Waals surface area contributed by atoms with Crippen molar-refractivity contribution >= 4 is 29.3 Å². The number of ether oxygens (including phenoxy) is 2. The summed E-state index contributed by atoms with van der Waals surface area (Å²) < 4.78 is 10.6. The molecule has 170 valence electrons. The van der Waals surface area contributed by atoms with Crippen LogP contribution in [-0.2, 0) is 19.1 Å². The Morgan fingerprint density at radius 3 is 2.52 bits per heavy atom. The summed E-state index contributed by atoms with van der Waals surface area (Å²) in [6.45, 7) is 5.23. The number of hydrogen-bond acceptors (Lipinski definition) is 5. The molecule has 0 bridgehead atoms. The van der Waals surface area contributed by atoms with E-state index in [0.29, 0.717) is 36.2 Å². The quantitative estimate of drug-likeness (QED) is 0.645. The Morgan fingerprint density at radius 2 is 1.97 bits per heavy atom. The molecule has 31 heavy (non-hydrogen) atoms. The van der Waals surface area contributed by atoms with Crippen LogP contribution < -0.4 is 10.1 Å². The predicted molar refractivity (Wildman–Crippen MR) is 117 cm³/mol. The Bertz CT molecular complexity index is 866. The highest BCUT2D eigenvalue weighted by atomic mass is 35.5. The molecule has 2 atom stereocenters. The SMILES string of the molecule is COC[C@]1(C[C@H](C)C(=O)N2CCC(c3cc(C)c(Cl)c(OC)c3)CC2)CC(=O)NC1=O. The standard InChI is InChI=1S/C23H31ClN2O5/c1-14-9-17(10-18(31-4)20(14)24)16-5-7-26(8-6-16)21(28)15(2)11-23(13-30-3)12-19(27)25-22(23)29/h9-10,15-16H,5-8,11-13H2,1-4H3,(H,25,27,29)/t15-,23-/m0/s1. The number of carbonyl (C=O) groups is 3. The molecular formula is C23H31ClN2O5. The Balaban J connectivity index is 1.63. The van der Waals surface area contributed by atoms with Crippen molar-refractivity contribution in [2.24, 2.45) is 11.3 Å². The summed E-state index contributed by atoms with van der Waals surface area (Å²) in [7, 11) is 3.12. The van der Waals surface area contributed by atoms with Gasteiger partial charge in [-0.25, -0.2) is 0 Å². The molecule has 0 radical (unpaired) electrons. The number of rotatable bonds is 7. The van der Waals surface area contributed by atoms with Crippen LogP contribution in [0.1, 0.15) is 49.7 Å². The number of benzene rings is 1. The molecule has 3 rings (SSSR count). The molecule has 1 aromatic rings. The molecule has 2 aliphatic heterocycles. The van der Waals surface area contributed by atoms with E-state index in [0.717, 1.165) is 18.4 Å². The van der Waals surface area contributed by atoms with E-state index in [1.165, 1.54) is 12.7 Å². The Kier molecular flexibility index (Phi) is 7.27. The maximum Gasteiger partial charge on any atom is 0.235 e. The molecule has 7 nitrogen and oxygen atoms in total. The summed E-state index contributed by atoms with van der Waals surface area (Å²) in [6, 6.07) is 4.09. The topological polar surface area (TPSA) is 84.9 Å². The summed E-state index contributed by atoms with van der Waals surface area (Å²) in [5, 5.41) is 2.99. The summed E-state index contributed by atoms with van der Waals surface area (Å²) in [5.41, 5.74) is 1.20. The molecule has 0 aliphatic carbocycles. The van der Waals surface area contributed by atoms with Gasteiger partial charge in [0.15, 0.2) is 0 Å². The summed E-state index contributed by atoms with van der Waals surface area (Å²) >= 11 is 6.29. The normalized spacial score (nSPS) is 23.1. The molecule has 3 amide bonds. The molecule has 2 fully saturated rings. The second-order valence-electron chi connectivity index (χ2n) is 8.83. The highest BCUT2D eigenvalue weighted by Crippen LogP contribution is 2.38. The van der Waals surface area contributed by atoms with Crippen molar-refractivity contribution in [2.45, 2.75) is 45.4 Å². The van der Waals surface area contributed by atoms with Crippen molar-refractivity contribution in [1.82, 2.24) is 10.2 Å². The molecule has 0 spiro atoms. The lowest BCUT2D eigenvalue weighted by molar-refractivity contribution is -0.139. The van der Waals surface area contributed by atoms with Crippen LogP contribution in [0.5, 0.6) is 5.75 Å². The van der Waals surface area contributed by atoms with Crippen molar-refractivity contribution in [1.29, 1.82) is 0 Å². The van der Waals surface area contributed by atoms with E-state index < -0.39 is 5.41 Å². The maximum atomic E-state index is 13.1. The number of amides is 3. The highest BCUT2D eigenvalue weighted by Gasteiger charge is 2.48. The van der Waals surface area contributed by atoms with Gasteiger partial charge in [-0.05, 0) is 49.3 Å². The van der Waals surface area contributed by atoms with Gasteiger partial charge < -0.3 is 14.4 Å². The van der Waals surface area contributed by atoms with E-state index in [2.05, 4.69) is 11.4 Å². The lowest BCUT2D eigenvalue weighted by Gasteiger charge is -2.35. The number of nitrogens with one attached hydrogen (secondary N) is 1. The van der Waals surface area contributed by atoms with Crippen LogP contribution in [0.2, 0.25) is 5.02 Å². The van der Waals surface area contributed by atoms with Crippen molar-refractivity contribution in [3.05, 3.63) is 28.3 Å². The molecular weight excluding hydrogens is 420 g/mol. The minimum absolute atomic E-state index is 0.0194. The fourth-order valence-corrected chi connectivity index (χ4v) is 5.06. The van der Waals surface area contributed by atoms with Gasteiger partial charge in [0.05, 0.1) is 24.2 Å². The molecule has 0 unspecified atom stereocenters. The summed E-state index contributed by atoms with van der Waals surface area (Å²) in [6.07, 6.45) is 2.07. The number of methoxy groups -OCH3 is 2. The first-order valence-corrected chi connectivity index (χ1v) is 11.0. The summed E-state index contributed by atoms with van der Waals surface area (Å²) in [4.78, 5) is 39.1. The van der Waals surface area contributed by atoms with E-state index in [9.17, 15) is 14.4 Å². The number of carbonyl (C=O) groups excluding carboxylic acids is 3. The monoisotopic (exact) mass is 450 g/mol. The lowest BCUT2D eigenvalue weighted by atomic mass is 9.78. The lowest BCUT2D eigenvalue weighted by Crippen LogP contribution is -2.44. The fraction of sp³-hybridized carbons (Fsp3) is 0.609. The van der Waals surface area contributed by atoms with E-state index in [4.69, 9.17) is 21.1 Å². The number of nitrogens with zero attached hydrogens (tertiary/aromatic N) is 1. The van der Waals surface area contributed by atoms with E-state index in [1.54, 1.807) is 7.11 Å². The second-order valence-corrected chi connectivity index (χ2v) is 9.20. The van der Waals surface area contributed by atoms with Gasteiger partial charge in [0, 0.05) is 32.5 Å². The number of aryl methyl sites for hydroxylation is 1. The zero-order valence-corrected chi connectivity index (χ0v) is 19.4. The number of likely N-dealkylation sites (tertiary alicyclic amines) is 1. The van der Waals surface area contributed by atoms with Gasteiger partial charge in [0.2, 0.25) is 17.7 Å². The van der Waals surface area contributed by atoms with Crippen LogP contribution in [0.3, 0.4) is 0 Å². The molecule has 0 saturated carbocycles. The third-order valence-electron chi connectivity index (χ3n) is 6.51. The van der Waals surface area contributed by atoms with E-state index in [1.807, 2.05) is 24.8 Å². The predicted octanol–water partition coefficient (Wildman–Crippen LogP) is 3.07. The van der Waals surface area contributed by atoms with Crippen LogP contribution >= 0.6 is 11.6 Å². The summed E-state index contributed by atoms with van der Waals surface area (Å²) in [5.74, 6) is 0.00652. The Hall–Kier alpha value is -2.12. The van der Waals surface area contributed by atoms with Gasteiger partial charge in [0.1, 0.15) is 5.75 Å². The Morgan fingerprint density at radius 1 is 1.29 bits per heavy atom. The van der Waals surface area contributed by atoms with Crippen LogP contribution in [0.15, 0.2) is 12.1 Å². The van der Waals surface area contributed by atoms with Crippen molar-refractivity contribution < 1.29 is 23.9 Å². The third-order valence-corrected chi connectivity index (χ3v) is 7.00. The largest absolute Gasteiger partial charge is 0.495 e. The molecule has 8 heteroatoms. The third kappa shape index (κ3) is 4.88. The fourth-order valence-electron chi connectivity index (χ4n) is 4.87. The first-order valence-electron chi connectivity index (χ1n) is 10.7. The maximum absolute atomic E-state index is 13.1. The first kappa shape index (κ1) is 23.5. The van der Waals surface area contributed by atoms with E-state index >= 15 is 0 Å². The van der Waals surface area contributed by atoms with Crippen LogP contribution in [0, 0.1) is 18.3 Å². The average Bonchev–Trinajstić information content (AvgIpc) is 3.02. The van der Waals surface area contributed by atoms with Crippen LogP contribution in [0.4, 0.5) is 0 Å². The van der Waals surface area contributed by atoms with Gasteiger partial charge in [-0.2, -0.15) is 0 Å². The molecule has 0 aromatic heterocycles. The molecule has 2 saturated heterocycles. The average molecular weight is 451 g/mol. The van der Waals surface area contributed by atoms with E-state index in [-0.39, 0.29) is 36.7 Å². The number of imide groups is 1. The van der Waals surface area contributed by atoms with Crippen LogP contribution in [-0.4, -0.2) is 56.5 Å².